The van der Waals surface area contributed by atoms with E-state index in [0.29, 0.717) is 11.6 Å². The third kappa shape index (κ3) is 4.69. The standard InChI is InChI=1S/C14H19BrClNO2/c1-4-6-12(14(18)19-5-2)17-13-8-11(16)9(3)7-10(13)15/h7-8,12,17H,4-6H2,1-3H3. The van der Waals surface area contributed by atoms with Crippen LogP contribution < -0.4 is 5.32 Å². The normalized spacial score (nSPS) is 12.1. The van der Waals surface area contributed by atoms with Gasteiger partial charge in [0.05, 0.1) is 12.3 Å². The number of ether oxygens (including phenoxy) is 1. The largest absolute Gasteiger partial charge is 0.464 e. The van der Waals surface area contributed by atoms with E-state index in [2.05, 4.69) is 21.2 Å². The Bertz CT molecular complexity index is 451. The van der Waals surface area contributed by atoms with Crippen molar-refractivity contribution in [2.75, 3.05) is 11.9 Å². The summed E-state index contributed by atoms with van der Waals surface area (Å²) in [4.78, 5) is 11.9. The zero-order valence-electron chi connectivity index (χ0n) is 11.4. The zero-order chi connectivity index (χ0) is 14.4. The Morgan fingerprint density at radius 1 is 1.47 bits per heavy atom. The SMILES string of the molecule is CCCC(Nc1cc(Cl)c(C)cc1Br)C(=O)OCC. The van der Waals surface area contributed by atoms with Crippen molar-refractivity contribution in [3.63, 3.8) is 0 Å². The van der Waals surface area contributed by atoms with E-state index in [9.17, 15) is 4.79 Å². The van der Waals surface area contributed by atoms with Crippen molar-refractivity contribution in [1.29, 1.82) is 0 Å². The molecule has 0 fully saturated rings. The van der Waals surface area contributed by atoms with Crippen molar-refractivity contribution in [2.45, 2.75) is 39.7 Å². The zero-order valence-corrected chi connectivity index (χ0v) is 13.8. The van der Waals surface area contributed by atoms with Crippen LogP contribution in [0.25, 0.3) is 0 Å². The highest BCUT2D eigenvalue weighted by molar-refractivity contribution is 9.10. The lowest BCUT2D eigenvalue weighted by atomic mass is 10.1. The molecule has 106 valence electrons. The second-order valence-corrected chi connectivity index (χ2v) is 5.58. The van der Waals surface area contributed by atoms with Crippen molar-refractivity contribution in [2.24, 2.45) is 0 Å². The minimum Gasteiger partial charge on any atom is -0.464 e. The van der Waals surface area contributed by atoms with Gasteiger partial charge in [0.15, 0.2) is 0 Å². The molecule has 1 aromatic carbocycles. The molecule has 0 saturated heterocycles. The van der Waals surface area contributed by atoms with Crippen molar-refractivity contribution in [1.82, 2.24) is 0 Å². The Kier molecular flexibility index (Phi) is 6.66. The molecular formula is C14H19BrClNO2. The molecule has 0 radical (unpaired) electrons. The summed E-state index contributed by atoms with van der Waals surface area (Å²) < 4.78 is 5.96. The summed E-state index contributed by atoms with van der Waals surface area (Å²) >= 11 is 9.59. The first-order chi connectivity index (χ1) is 8.99. The van der Waals surface area contributed by atoms with Gasteiger partial charge in [0.2, 0.25) is 0 Å². The second-order valence-electron chi connectivity index (χ2n) is 4.32. The molecule has 1 atom stereocenters. The molecule has 3 nitrogen and oxygen atoms in total. The van der Waals surface area contributed by atoms with Gasteiger partial charge in [-0.15, -0.1) is 0 Å². The molecule has 1 N–H and O–H groups in total. The first-order valence-electron chi connectivity index (χ1n) is 6.38. The average Bonchev–Trinajstić information content (AvgIpc) is 2.35. The predicted molar refractivity (Wildman–Crippen MR) is 82.8 cm³/mol. The molecule has 0 aliphatic rings. The predicted octanol–water partition coefficient (Wildman–Crippen LogP) is 4.55. The number of benzene rings is 1. The van der Waals surface area contributed by atoms with E-state index < -0.39 is 0 Å². The summed E-state index contributed by atoms with van der Waals surface area (Å²) in [6.07, 6.45) is 1.62. The number of rotatable bonds is 6. The quantitative estimate of drug-likeness (QED) is 0.766. The fraction of sp³-hybridized carbons (Fsp3) is 0.500. The van der Waals surface area contributed by atoms with E-state index in [0.717, 1.165) is 28.6 Å². The van der Waals surface area contributed by atoms with Crippen molar-refractivity contribution >= 4 is 39.2 Å². The third-order valence-corrected chi connectivity index (χ3v) is 3.79. The van der Waals surface area contributed by atoms with Crippen LogP contribution in [-0.4, -0.2) is 18.6 Å². The molecule has 0 saturated carbocycles. The van der Waals surface area contributed by atoms with E-state index in [4.69, 9.17) is 16.3 Å². The molecule has 0 aliphatic carbocycles. The van der Waals surface area contributed by atoms with E-state index in [1.807, 2.05) is 26.0 Å². The number of nitrogens with one attached hydrogen (secondary N) is 1. The Balaban J connectivity index is 2.90. The number of esters is 1. The van der Waals surface area contributed by atoms with Crippen LogP contribution in [-0.2, 0) is 9.53 Å². The van der Waals surface area contributed by atoms with Gasteiger partial charge >= 0.3 is 5.97 Å². The highest BCUT2D eigenvalue weighted by Gasteiger charge is 2.19. The van der Waals surface area contributed by atoms with Crippen LogP contribution in [0.3, 0.4) is 0 Å². The molecule has 1 rings (SSSR count). The highest BCUT2D eigenvalue weighted by atomic mass is 79.9. The first kappa shape index (κ1) is 16.3. The van der Waals surface area contributed by atoms with E-state index >= 15 is 0 Å². The molecule has 0 bridgehead atoms. The van der Waals surface area contributed by atoms with Crippen molar-refractivity contribution in [3.05, 3.63) is 27.2 Å². The van der Waals surface area contributed by atoms with Crippen LogP contribution >= 0.6 is 27.5 Å². The number of anilines is 1. The highest BCUT2D eigenvalue weighted by Crippen LogP contribution is 2.30. The molecular weight excluding hydrogens is 330 g/mol. The smallest absolute Gasteiger partial charge is 0.328 e. The van der Waals surface area contributed by atoms with E-state index in [1.165, 1.54) is 0 Å². The van der Waals surface area contributed by atoms with Crippen LogP contribution in [0.5, 0.6) is 0 Å². The Labute approximate surface area is 127 Å². The fourth-order valence-electron chi connectivity index (χ4n) is 1.73. The maximum atomic E-state index is 11.9. The van der Waals surface area contributed by atoms with Crippen molar-refractivity contribution < 1.29 is 9.53 Å². The summed E-state index contributed by atoms with van der Waals surface area (Å²) in [6.45, 7) is 6.16. The average molecular weight is 349 g/mol. The van der Waals surface area contributed by atoms with E-state index in [-0.39, 0.29) is 12.0 Å². The third-order valence-electron chi connectivity index (χ3n) is 2.73. The molecule has 0 amide bonds. The first-order valence-corrected chi connectivity index (χ1v) is 7.55. The van der Waals surface area contributed by atoms with Crippen LogP contribution in [0.1, 0.15) is 32.3 Å². The maximum Gasteiger partial charge on any atom is 0.328 e. The Morgan fingerprint density at radius 3 is 2.74 bits per heavy atom. The Morgan fingerprint density at radius 2 is 2.16 bits per heavy atom. The minimum atomic E-state index is -0.347. The minimum absolute atomic E-state index is 0.229. The van der Waals surface area contributed by atoms with Crippen LogP contribution in [0.15, 0.2) is 16.6 Å². The summed E-state index contributed by atoms with van der Waals surface area (Å²) in [7, 11) is 0. The molecule has 1 unspecified atom stereocenters. The number of halogens is 2. The molecule has 0 heterocycles. The second kappa shape index (κ2) is 7.75. The summed E-state index contributed by atoms with van der Waals surface area (Å²) in [5.74, 6) is -0.229. The number of aryl methyl sites for hydroxylation is 1. The lowest BCUT2D eigenvalue weighted by Crippen LogP contribution is -2.31. The number of hydrogen-bond donors (Lipinski definition) is 1. The summed E-state index contributed by atoms with van der Waals surface area (Å²) in [5.41, 5.74) is 1.80. The van der Waals surface area contributed by atoms with Gasteiger partial charge in [-0.05, 0) is 53.9 Å². The fourth-order valence-corrected chi connectivity index (χ4v) is 2.46. The van der Waals surface area contributed by atoms with Gasteiger partial charge in [0.25, 0.3) is 0 Å². The van der Waals surface area contributed by atoms with E-state index in [1.54, 1.807) is 6.92 Å². The molecule has 5 heteroatoms. The van der Waals surface area contributed by atoms with Gasteiger partial charge in [-0.3, -0.25) is 0 Å². The Hall–Kier alpha value is -0.740. The van der Waals surface area contributed by atoms with Crippen LogP contribution in [0.4, 0.5) is 5.69 Å². The molecule has 0 aliphatic heterocycles. The van der Waals surface area contributed by atoms with Crippen molar-refractivity contribution in [3.8, 4) is 0 Å². The summed E-state index contributed by atoms with van der Waals surface area (Å²) in [6, 6.07) is 3.40. The lowest BCUT2D eigenvalue weighted by molar-refractivity contribution is -0.144. The monoisotopic (exact) mass is 347 g/mol. The topological polar surface area (TPSA) is 38.3 Å². The van der Waals surface area contributed by atoms with Gasteiger partial charge in [-0.1, -0.05) is 24.9 Å². The van der Waals surface area contributed by atoms with Gasteiger partial charge in [-0.2, -0.15) is 0 Å². The summed E-state index contributed by atoms with van der Waals surface area (Å²) in [5, 5.41) is 3.87. The molecule has 0 aromatic heterocycles. The molecule has 0 spiro atoms. The van der Waals surface area contributed by atoms with Crippen LogP contribution in [0.2, 0.25) is 5.02 Å². The van der Waals surface area contributed by atoms with Gasteiger partial charge < -0.3 is 10.1 Å². The number of carbonyl (C=O) groups is 1. The molecule has 1 aromatic rings. The van der Waals surface area contributed by atoms with Crippen LogP contribution in [0, 0.1) is 6.92 Å². The van der Waals surface area contributed by atoms with Gasteiger partial charge in [-0.25, -0.2) is 4.79 Å². The number of carbonyl (C=O) groups excluding carboxylic acids is 1. The number of hydrogen-bond acceptors (Lipinski definition) is 3. The molecule has 19 heavy (non-hydrogen) atoms. The van der Waals surface area contributed by atoms with Gasteiger partial charge in [0.1, 0.15) is 6.04 Å². The maximum absolute atomic E-state index is 11.9. The van der Waals surface area contributed by atoms with Gasteiger partial charge in [0, 0.05) is 9.50 Å². The lowest BCUT2D eigenvalue weighted by Gasteiger charge is -2.19.